The van der Waals surface area contributed by atoms with E-state index in [4.69, 9.17) is 0 Å². The van der Waals surface area contributed by atoms with Crippen LogP contribution in [-0.2, 0) is 0 Å². The van der Waals surface area contributed by atoms with Crippen molar-refractivity contribution in [3.05, 3.63) is 30.4 Å². The third kappa shape index (κ3) is 1.70. The predicted octanol–water partition coefficient (Wildman–Crippen LogP) is 4.10. The summed E-state index contributed by atoms with van der Waals surface area (Å²) in [6, 6.07) is 0. The first-order valence-corrected chi connectivity index (χ1v) is 7.22. The van der Waals surface area contributed by atoms with Crippen LogP contribution in [0.4, 0.5) is 0 Å². The fourth-order valence-electron chi connectivity index (χ4n) is 4.23. The zero-order valence-corrected chi connectivity index (χ0v) is 11.4. The molecule has 2 aliphatic carbocycles. The lowest BCUT2D eigenvalue weighted by Gasteiger charge is -2.43. The highest BCUT2D eigenvalue weighted by molar-refractivity contribution is 5.69. The Morgan fingerprint density at radius 1 is 1.39 bits per heavy atom. The third-order valence-electron chi connectivity index (χ3n) is 5.21. The molecule has 2 heteroatoms. The van der Waals surface area contributed by atoms with Crippen molar-refractivity contribution in [3.63, 3.8) is 0 Å². The molecule has 2 nitrogen and oxygen atoms in total. The second kappa shape index (κ2) is 4.49. The Kier molecular flexibility index (Phi) is 2.96. The Hall–Kier alpha value is -1.18. The Morgan fingerprint density at radius 2 is 2.28 bits per heavy atom. The van der Waals surface area contributed by atoms with Gasteiger partial charge in [0.05, 0.1) is 11.9 Å². The summed E-state index contributed by atoms with van der Waals surface area (Å²) in [5.41, 5.74) is 2.90. The first-order chi connectivity index (χ1) is 8.75. The van der Waals surface area contributed by atoms with Crippen LogP contribution < -0.4 is 0 Å². The SMILES string of the molecule is CCC1CCCC2(C)C(c3cnccn3)=CCC12. The van der Waals surface area contributed by atoms with Gasteiger partial charge < -0.3 is 0 Å². The van der Waals surface area contributed by atoms with Gasteiger partial charge in [-0.05, 0) is 35.7 Å². The summed E-state index contributed by atoms with van der Waals surface area (Å²) in [6.07, 6.45) is 14.6. The molecule has 96 valence electrons. The van der Waals surface area contributed by atoms with Gasteiger partial charge in [-0.15, -0.1) is 0 Å². The minimum absolute atomic E-state index is 0.342. The Morgan fingerprint density at radius 3 is 3.00 bits per heavy atom. The van der Waals surface area contributed by atoms with Crippen LogP contribution in [-0.4, -0.2) is 9.97 Å². The molecule has 1 aromatic rings. The van der Waals surface area contributed by atoms with Crippen molar-refractivity contribution in [2.45, 2.75) is 46.0 Å². The molecule has 1 saturated carbocycles. The van der Waals surface area contributed by atoms with Gasteiger partial charge in [-0.1, -0.05) is 39.2 Å². The van der Waals surface area contributed by atoms with Crippen LogP contribution in [0.5, 0.6) is 0 Å². The third-order valence-corrected chi connectivity index (χ3v) is 5.21. The van der Waals surface area contributed by atoms with E-state index in [-0.39, 0.29) is 0 Å². The van der Waals surface area contributed by atoms with Crippen molar-refractivity contribution in [3.8, 4) is 0 Å². The van der Waals surface area contributed by atoms with Crippen LogP contribution in [0.3, 0.4) is 0 Å². The molecule has 0 aliphatic heterocycles. The number of aromatic nitrogens is 2. The highest BCUT2D eigenvalue weighted by Crippen LogP contribution is 2.57. The van der Waals surface area contributed by atoms with Gasteiger partial charge in [-0.3, -0.25) is 9.97 Å². The highest BCUT2D eigenvalue weighted by atomic mass is 14.8. The van der Waals surface area contributed by atoms with Gasteiger partial charge in [0.2, 0.25) is 0 Å². The van der Waals surface area contributed by atoms with E-state index >= 15 is 0 Å². The van der Waals surface area contributed by atoms with Crippen molar-refractivity contribution >= 4 is 5.57 Å². The molecule has 2 aliphatic rings. The maximum atomic E-state index is 4.52. The molecular weight excluding hydrogens is 220 g/mol. The largest absolute Gasteiger partial charge is 0.261 e. The number of hydrogen-bond acceptors (Lipinski definition) is 2. The van der Waals surface area contributed by atoms with Gasteiger partial charge in [0, 0.05) is 12.4 Å². The van der Waals surface area contributed by atoms with Crippen LogP contribution in [0.25, 0.3) is 5.57 Å². The van der Waals surface area contributed by atoms with E-state index in [1.165, 1.54) is 37.7 Å². The van der Waals surface area contributed by atoms with Crippen LogP contribution in [0.2, 0.25) is 0 Å². The average Bonchev–Trinajstić information content (AvgIpc) is 2.76. The minimum Gasteiger partial charge on any atom is -0.261 e. The Balaban J connectivity index is 1.95. The molecule has 1 aromatic heterocycles. The zero-order valence-electron chi connectivity index (χ0n) is 11.4. The number of hydrogen-bond donors (Lipinski definition) is 0. The second-order valence-electron chi connectivity index (χ2n) is 6.03. The van der Waals surface area contributed by atoms with Crippen molar-refractivity contribution in [2.24, 2.45) is 17.3 Å². The molecule has 0 N–H and O–H groups in total. The number of rotatable bonds is 2. The lowest BCUT2D eigenvalue weighted by molar-refractivity contribution is 0.120. The molecule has 1 heterocycles. The smallest absolute Gasteiger partial charge is 0.0847 e. The van der Waals surface area contributed by atoms with E-state index < -0.39 is 0 Å². The summed E-state index contributed by atoms with van der Waals surface area (Å²) in [4.78, 5) is 8.75. The molecule has 0 amide bonds. The standard InChI is InChI=1S/C16H22N2/c1-3-12-5-4-8-16(2)13(12)6-7-14(16)15-11-17-9-10-18-15/h7,9-13H,3-6,8H2,1-2H3. The van der Waals surface area contributed by atoms with E-state index in [0.29, 0.717) is 5.41 Å². The van der Waals surface area contributed by atoms with Crippen LogP contribution in [0, 0.1) is 17.3 Å². The zero-order chi connectivity index (χ0) is 12.6. The van der Waals surface area contributed by atoms with Crippen LogP contribution in [0.15, 0.2) is 24.7 Å². The number of allylic oxidation sites excluding steroid dienone is 2. The molecule has 3 atom stereocenters. The lowest BCUT2D eigenvalue weighted by Crippen LogP contribution is -2.34. The van der Waals surface area contributed by atoms with Gasteiger partial charge in [-0.2, -0.15) is 0 Å². The predicted molar refractivity (Wildman–Crippen MR) is 73.9 cm³/mol. The molecule has 0 spiro atoms. The molecule has 18 heavy (non-hydrogen) atoms. The molecular formula is C16H22N2. The van der Waals surface area contributed by atoms with Crippen LogP contribution >= 0.6 is 0 Å². The molecule has 1 fully saturated rings. The van der Waals surface area contributed by atoms with Crippen LogP contribution in [0.1, 0.15) is 51.6 Å². The molecule has 0 radical (unpaired) electrons. The molecule has 3 rings (SSSR count). The van der Waals surface area contributed by atoms with Crippen molar-refractivity contribution < 1.29 is 0 Å². The minimum atomic E-state index is 0.342. The van der Waals surface area contributed by atoms with Gasteiger partial charge in [-0.25, -0.2) is 0 Å². The van der Waals surface area contributed by atoms with E-state index in [2.05, 4.69) is 29.9 Å². The number of nitrogens with zero attached hydrogens (tertiary/aromatic N) is 2. The van der Waals surface area contributed by atoms with E-state index in [0.717, 1.165) is 17.5 Å². The molecule has 0 aromatic carbocycles. The van der Waals surface area contributed by atoms with E-state index in [1.807, 2.05) is 12.4 Å². The average molecular weight is 242 g/mol. The first kappa shape index (κ1) is 11.9. The summed E-state index contributed by atoms with van der Waals surface area (Å²) < 4.78 is 0. The maximum Gasteiger partial charge on any atom is 0.0847 e. The van der Waals surface area contributed by atoms with Crippen molar-refractivity contribution in [1.29, 1.82) is 0 Å². The Labute approximate surface area is 110 Å². The topological polar surface area (TPSA) is 25.8 Å². The maximum absolute atomic E-state index is 4.52. The quantitative estimate of drug-likeness (QED) is 0.780. The monoisotopic (exact) mass is 242 g/mol. The van der Waals surface area contributed by atoms with E-state index in [9.17, 15) is 0 Å². The Bertz CT molecular complexity index is 451. The van der Waals surface area contributed by atoms with Gasteiger partial charge in [0.1, 0.15) is 0 Å². The van der Waals surface area contributed by atoms with Gasteiger partial charge >= 0.3 is 0 Å². The second-order valence-corrected chi connectivity index (χ2v) is 6.03. The van der Waals surface area contributed by atoms with Crippen molar-refractivity contribution in [2.75, 3.05) is 0 Å². The van der Waals surface area contributed by atoms with E-state index in [1.54, 1.807) is 6.20 Å². The lowest BCUT2D eigenvalue weighted by atomic mass is 9.61. The fourth-order valence-corrected chi connectivity index (χ4v) is 4.23. The molecule has 0 bridgehead atoms. The van der Waals surface area contributed by atoms with Gasteiger partial charge in [0.15, 0.2) is 0 Å². The summed E-state index contributed by atoms with van der Waals surface area (Å²) in [5, 5.41) is 0. The highest BCUT2D eigenvalue weighted by Gasteiger charge is 2.47. The summed E-state index contributed by atoms with van der Waals surface area (Å²) in [5.74, 6) is 1.72. The fraction of sp³-hybridized carbons (Fsp3) is 0.625. The molecule has 0 saturated heterocycles. The first-order valence-electron chi connectivity index (χ1n) is 7.22. The van der Waals surface area contributed by atoms with Gasteiger partial charge in [0.25, 0.3) is 0 Å². The number of fused-ring (bicyclic) bond motifs is 1. The molecule has 3 unspecified atom stereocenters. The normalized spacial score (nSPS) is 35.1. The van der Waals surface area contributed by atoms with Crippen molar-refractivity contribution in [1.82, 2.24) is 9.97 Å². The summed E-state index contributed by atoms with van der Waals surface area (Å²) in [6.45, 7) is 4.80. The summed E-state index contributed by atoms with van der Waals surface area (Å²) in [7, 11) is 0. The summed E-state index contributed by atoms with van der Waals surface area (Å²) >= 11 is 0.